The number of fused-ring (bicyclic) bond motifs is 1. The van der Waals surface area contributed by atoms with Crippen LogP contribution in [0.4, 0.5) is 16.2 Å². The van der Waals surface area contributed by atoms with Gasteiger partial charge in [-0.25, -0.2) is 14.1 Å². The maximum Gasteiger partial charge on any atom is 0.225 e. The Morgan fingerprint density at radius 1 is 1.11 bits per heavy atom. The van der Waals surface area contributed by atoms with Crippen LogP contribution in [0, 0.1) is 5.82 Å². The first-order valence-corrected chi connectivity index (χ1v) is 9.15. The van der Waals surface area contributed by atoms with E-state index in [1.165, 1.54) is 16.8 Å². The Hall–Kier alpha value is -3.19. The minimum Gasteiger partial charge on any atom is -0.383 e. The summed E-state index contributed by atoms with van der Waals surface area (Å²) < 4.78 is 15.2. The number of aromatic nitrogens is 4. The Morgan fingerprint density at radius 2 is 1.89 bits per heavy atom. The number of halogens is 2. The molecule has 0 aliphatic rings. The Morgan fingerprint density at radius 3 is 2.61 bits per heavy atom. The van der Waals surface area contributed by atoms with Gasteiger partial charge in [-0.1, -0.05) is 29.8 Å². The third-order valence-electron chi connectivity index (χ3n) is 4.14. The molecule has 2 heterocycles. The van der Waals surface area contributed by atoms with Crippen LogP contribution in [0.25, 0.3) is 28.0 Å². The minimum atomic E-state index is -0.375. The largest absolute Gasteiger partial charge is 0.383 e. The number of nitrogens with one attached hydrogen (secondary N) is 1. The van der Waals surface area contributed by atoms with Crippen LogP contribution in [0.3, 0.4) is 0 Å². The number of hydrogen-bond donors (Lipinski definition) is 2. The predicted molar refractivity (Wildman–Crippen MR) is 110 cm³/mol. The van der Waals surface area contributed by atoms with E-state index in [9.17, 15) is 4.39 Å². The first-order chi connectivity index (χ1) is 13.4. The van der Waals surface area contributed by atoms with Gasteiger partial charge in [0.15, 0.2) is 5.65 Å². The van der Waals surface area contributed by atoms with Gasteiger partial charge in [0.1, 0.15) is 11.6 Å². The molecule has 0 aliphatic carbocycles. The highest BCUT2D eigenvalue weighted by molar-refractivity contribution is 6.30. The second-order valence-corrected chi connectivity index (χ2v) is 7.12. The molecule has 0 fully saturated rings. The Labute approximate surface area is 166 Å². The highest BCUT2D eigenvalue weighted by Gasteiger charge is 2.19. The van der Waals surface area contributed by atoms with Gasteiger partial charge in [-0.15, -0.1) is 5.10 Å². The molecule has 4 aromatic rings. The van der Waals surface area contributed by atoms with Crippen LogP contribution in [-0.4, -0.2) is 25.8 Å². The topological polar surface area (TPSA) is 81.6 Å². The number of nitrogens with two attached hydrogens (primary N) is 1. The quantitative estimate of drug-likeness (QED) is 0.523. The summed E-state index contributed by atoms with van der Waals surface area (Å²) in [5.41, 5.74) is 8.71. The van der Waals surface area contributed by atoms with Crippen molar-refractivity contribution in [3.05, 3.63) is 59.4 Å². The van der Waals surface area contributed by atoms with Crippen molar-refractivity contribution < 1.29 is 4.39 Å². The first kappa shape index (κ1) is 18.2. The number of anilines is 2. The molecular weight excluding hydrogens is 379 g/mol. The van der Waals surface area contributed by atoms with Gasteiger partial charge in [-0.2, -0.15) is 4.98 Å². The third kappa shape index (κ3) is 3.36. The lowest BCUT2D eigenvalue weighted by molar-refractivity contribution is 0.625. The van der Waals surface area contributed by atoms with E-state index in [4.69, 9.17) is 17.3 Å². The van der Waals surface area contributed by atoms with E-state index in [0.717, 1.165) is 5.56 Å². The lowest BCUT2D eigenvalue weighted by Gasteiger charge is -2.10. The van der Waals surface area contributed by atoms with Gasteiger partial charge in [0.25, 0.3) is 0 Å². The molecule has 2 aromatic heterocycles. The van der Waals surface area contributed by atoms with Crippen LogP contribution in [0.1, 0.15) is 13.8 Å². The molecule has 0 atom stereocenters. The van der Waals surface area contributed by atoms with Crippen LogP contribution in [0.2, 0.25) is 5.02 Å². The van der Waals surface area contributed by atoms with Crippen LogP contribution in [0.15, 0.2) is 48.5 Å². The summed E-state index contributed by atoms with van der Waals surface area (Å²) in [6, 6.07) is 13.5. The van der Waals surface area contributed by atoms with Crippen molar-refractivity contribution >= 4 is 34.4 Å². The van der Waals surface area contributed by atoms with Crippen molar-refractivity contribution in [2.75, 3.05) is 11.1 Å². The number of benzene rings is 2. The van der Waals surface area contributed by atoms with Crippen LogP contribution in [0.5, 0.6) is 0 Å². The van der Waals surface area contributed by atoms with E-state index >= 15 is 0 Å². The van der Waals surface area contributed by atoms with Crippen LogP contribution >= 0.6 is 11.6 Å². The molecule has 8 heteroatoms. The summed E-state index contributed by atoms with van der Waals surface area (Å²) in [7, 11) is 0. The number of rotatable bonds is 4. The molecule has 142 valence electrons. The fourth-order valence-electron chi connectivity index (χ4n) is 2.98. The molecule has 0 bridgehead atoms. The molecule has 0 radical (unpaired) electrons. The first-order valence-electron chi connectivity index (χ1n) is 8.77. The molecule has 3 N–H and O–H groups in total. The SMILES string of the molecule is CC(C)Nc1nc(-c2cccc(Cl)c2)c2c(N)n(-c3cccc(F)c3)nc2n1. The van der Waals surface area contributed by atoms with Crippen molar-refractivity contribution in [3.63, 3.8) is 0 Å². The van der Waals surface area contributed by atoms with E-state index < -0.39 is 0 Å². The zero-order valence-electron chi connectivity index (χ0n) is 15.3. The predicted octanol–water partition coefficient (Wildman–Crippen LogP) is 4.68. The minimum absolute atomic E-state index is 0.132. The van der Waals surface area contributed by atoms with Crippen molar-refractivity contribution in [1.29, 1.82) is 0 Å². The highest BCUT2D eigenvalue weighted by Crippen LogP contribution is 2.33. The standard InChI is InChI=1S/C20H18ClFN6/c1-11(2)24-20-25-17(12-5-3-6-13(21)9-12)16-18(23)28(27-19(16)26-20)15-8-4-7-14(22)10-15/h3-11H,23H2,1-2H3,(H,24,26,27). The van der Waals surface area contributed by atoms with E-state index in [1.54, 1.807) is 24.3 Å². The van der Waals surface area contributed by atoms with E-state index in [0.29, 0.717) is 39.2 Å². The molecule has 0 aliphatic heterocycles. The van der Waals surface area contributed by atoms with Gasteiger partial charge in [0, 0.05) is 16.6 Å². The zero-order valence-corrected chi connectivity index (χ0v) is 16.1. The fraction of sp³-hybridized carbons (Fsp3) is 0.150. The molecule has 0 saturated heterocycles. The van der Waals surface area contributed by atoms with Gasteiger partial charge >= 0.3 is 0 Å². The van der Waals surface area contributed by atoms with Gasteiger partial charge in [0.2, 0.25) is 5.95 Å². The molecule has 2 aromatic carbocycles. The smallest absolute Gasteiger partial charge is 0.225 e. The zero-order chi connectivity index (χ0) is 19.8. The lowest BCUT2D eigenvalue weighted by atomic mass is 10.1. The number of nitrogen functional groups attached to an aromatic ring is 1. The number of hydrogen-bond acceptors (Lipinski definition) is 5. The average molecular weight is 397 g/mol. The third-order valence-corrected chi connectivity index (χ3v) is 4.37. The van der Waals surface area contributed by atoms with Gasteiger partial charge < -0.3 is 11.1 Å². The van der Waals surface area contributed by atoms with Crippen LogP contribution < -0.4 is 11.1 Å². The molecule has 0 amide bonds. The van der Waals surface area contributed by atoms with Crippen molar-refractivity contribution in [1.82, 2.24) is 19.7 Å². The molecule has 0 unspecified atom stereocenters. The molecule has 28 heavy (non-hydrogen) atoms. The monoisotopic (exact) mass is 396 g/mol. The van der Waals surface area contributed by atoms with E-state index in [2.05, 4.69) is 20.4 Å². The van der Waals surface area contributed by atoms with Crippen LogP contribution in [-0.2, 0) is 0 Å². The fourth-order valence-corrected chi connectivity index (χ4v) is 3.17. The molecular formula is C20H18ClFN6. The Balaban J connectivity index is 2.00. The highest BCUT2D eigenvalue weighted by atomic mass is 35.5. The van der Waals surface area contributed by atoms with E-state index in [-0.39, 0.29) is 11.9 Å². The van der Waals surface area contributed by atoms with Gasteiger partial charge in [0.05, 0.1) is 16.8 Å². The maximum atomic E-state index is 13.7. The van der Waals surface area contributed by atoms with Crippen molar-refractivity contribution in [3.8, 4) is 16.9 Å². The summed E-state index contributed by atoms with van der Waals surface area (Å²) in [5, 5.41) is 8.86. The summed E-state index contributed by atoms with van der Waals surface area (Å²) in [5.74, 6) is 0.382. The maximum absolute atomic E-state index is 13.7. The summed E-state index contributed by atoms with van der Waals surface area (Å²) in [6.45, 7) is 3.98. The second kappa shape index (κ2) is 7.09. The molecule has 0 spiro atoms. The normalized spacial score (nSPS) is 11.3. The second-order valence-electron chi connectivity index (χ2n) is 6.68. The van der Waals surface area contributed by atoms with Gasteiger partial charge in [-0.05, 0) is 44.2 Å². The summed E-state index contributed by atoms with van der Waals surface area (Å²) >= 11 is 6.18. The molecule has 6 nitrogen and oxygen atoms in total. The van der Waals surface area contributed by atoms with E-state index in [1.807, 2.05) is 26.0 Å². The average Bonchev–Trinajstić information content (AvgIpc) is 2.97. The molecule has 4 rings (SSSR count). The van der Waals surface area contributed by atoms with Crippen molar-refractivity contribution in [2.45, 2.75) is 19.9 Å². The summed E-state index contributed by atoms with van der Waals surface area (Å²) in [4.78, 5) is 9.14. The summed E-state index contributed by atoms with van der Waals surface area (Å²) in [6.07, 6.45) is 0. The van der Waals surface area contributed by atoms with Gasteiger partial charge in [-0.3, -0.25) is 0 Å². The Bertz CT molecular complexity index is 1170. The molecule has 0 saturated carbocycles. The Kier molecular flexibility index (Phi) is 4.60. The number of nitrogens with zero attached hydrogens (tertiary/aromatic N) is 4. The lowest BCUT2D eigenvalue weighted by Crippen LogP contribution is -2.13. The van der Waals surface area contributed by atoms with Crippen molar-refractivity contribution in [2.24, 2.45) is 0 Å².